The third kappa shape index (κ3) is 3.01. The molecule has 4 amide bonds. The van der Waals surface area contributed by atoms with Crippen LogP contribution >= 0.6 is 11.3 Å². The van der Waals surface area contributed by atoms with Gasteiger partial charge in [-0.2, -0.15) is 0 Å². The molecule has 22 heavy (non-hydrogen) atoms. The maximum atomic E-state index is 11.9. The fourth-order valence-corrected chi connectivity index (χ4v) is 3.11. The monoisotopic (exact) mass is 318 g/mol. The fourth-order valence-electron chi connectivity index (χ4n) is 2.21. The number of thiophene rings is 1. The summed E-state index contributed by atoms with van der Waals surface area (Å²) in [6.07, 6.45) is 3.81. The number of nitrogens with zero attached hydrogens (tertiary/aromatic N) is 1. The first kappa shape index (κ1) is 14.3. The van der Waals surface area contributed by atoms with Crippen molar-refractivity contribution in [3.05, 3.63) is 41.5 Å². The molecule has 1 fully saturated rings. The Morgan fingerprint density at radius 2 is 2.09 bits per heavy atom. The molecule has 3 N–H and O–H groups in total. The third-order valence-corrected chi connectivity index (χ3v) is 4.26. The van der Waals surface area contributed by atoms with Crippen LogP contribution in [0.25, 0.3) is 5.00 Å². The van der Waals surface area contributed by atoms with Gasteiger partial charge in [0, 0.05) is 24.5 Å². The average molecular weight is 318 g/mol. The Balaban J connectivity index is 1.57. The second kappa shape index (κ2) is 6.02. The predicted octanol–water partition coefficient (Wildman–Crippen LogP) is 0.753. The molecule has 2 aromatic rings. The van der Waals surface area contributed by atoms with E-state index in [0.29, 0.717) is 6.54 Å². The second-order valence-corrected chi connectivity index (χ2v) is 5.73. The molecule has 1 atom stereocenters. The topological polar surface area (TPSA) is 92.2 Å². The molecule has 0 radical (unpaired) electrons. The number of nitrogens with one attached hydrogen (secondary N) is 3. The van der Waals surface area contributed by atoms with E-state index in [1.807, 2.05) is 40.5 Å². The molecule has 1 aliphatic heterocycles. The van der Waals surface area contributed by atoms with Crippen LogP contribution in [0.5, 0.6) is 0 Å². The highest BCUT2D eigenvalue weighted by molar-refractivity contribution is 7.12. The van der Waals surface area contributed by atoms with E-state index in [4.69, 9.17) is 0 Å². The van der Waals surface area contributed by atoms with Crippen LogP contribution in [0.15, 0.2) is 36.0 Å². The predicted molar refractivity (Wildman–Crippen MR) is 80.6 cm³/mol. The van der Waals surface area contributed by atoms with Gasteiger partial charge in [0.05, 0.1) is 6.42 Å². The number of amides is 4. The summed E-state index contributed by atoms with van der Waals surface area (Å²) in [5, 5.41) is 10.3. The summed E-state index contributed by atoms with van der Waals surface area (Å²) in [6.45, 7) is 0.373. The van der Waals surface area contributed by atoms with E-state index in [-0.39, 0.29) is 12.3 Å². The van der Waals surface area contributed by atoms with Gasteiger partial charge in [-0.1, -0.05) is 0 Å². The smallest absolute Gasteiger partial charge is 0.322 e. The molecule has 0 spiro atoms. The normalized spacial score (nSPS) is 17.2. The van der Waals surface area contributed by atoms with Gasteiger partial charge in [0.25, 0.3) is 5.91 Å². The van der Waals surface area contributed by atoms with Crippen LogP contribution in [0.1, 0.15) is 12.0 Å². The molecule has 8 heteroatoms. The molecule has 0 aliphatic carbocycles. The van der Waals surface area contributed by atoms with Crippen molar-refractivity contribution >= 4 is 29.2 Å². The van der Waals surface area contributed by atoms with Crippen molar-refractivity contribution in [2.45, 2.75) is 19.0 Å². The molecule has 1 aliphatic rings. The number of urea groups is 1. The van der Waals surface area contributed by atoms with Gasteiger partial charge in [-0.05, 0) is 23.6 Å². The first-order valence-corrected chi connectivity index (χ1v) is 7.59. The largest absolute Gasteiger partial charge is 0.352 e. The molecule has 1 unspecified atom stereocenters. The van der Waals surface area contributed by atoms with Crippen LogP contribution in [0.4, 0.5) is 4.79 Å². The molecule has 2 aromatic heterocycles. The van der Waals surface area contributed by atoms with Crippen LogP contribution < -0.4 is 16.0 Å². The van der Waals surface area contributed by atoms with E-state index >= 15 is 0 Å². The minimum Gasteiger partial charge on any atom is -0.352 e. The third-order valence-electron chi connectivity index (χ3n) is 3.29. The summed E-state index contributed by atoms with van der Waals surface area (Å²) in [6, 6.07) is 4.46. The molecule has 0 saturated carbocycles. The van der Waals surface area contributed by atoms with Crippen molar-refractivity contribution in [3.8, 4) is 5.00 Å². The van der Waals surface area contributed by atoms with Crippen molar-refractivity contribution in [2.75, 3.05) is 0 Å². The molecule has 0 bridgehead atoms. The van der Waals surface area contributed by atoms with Crippen molar-refractivity contribution < 1.29 is 14.4 Å². The number of hydrogen-bond acceptors (Lipinski definition) is 4. The van der Waals surface area contributed by atoms with Crippen LogP contribution in [0.2, 0.25) is 0 Å². The summed E-state index contributed by atoms with van der Waals surface area (Å²) < 4.78 is 1.98. The first-order chi connectivity index (χ1) is 10.6. The summed E-state index contributed by atoms with van der Waals surface area (Å²) in [4.78, 5) is 34.3. The van der Waals surface area contributed by atoms with Crippen molar-refractivity contribution in [1.29, 1.82) is 0 Å². The molecular weight excluding hydrogens is 304 g/mol. The van der Waals surface area contributed by atoms with Gasteiger partial charge in [0.2, 0.25) is 5.91 Å². The van der Waals surface area contributed by atoms with E-state index < -0.39 is 18.0 Å². The van der Waals surface area contributed by atoms with Crippen LogP contribution in [0, 0.1) is 0 Å². The number of carbonyl (C=O) groups excluding carboxylic acids is 3. The Morgan fingerprint density at radius 3 is 2.77 bits per heavy atom. The molecule has 0 aromatic carbocycles. The number of rotatable bonds is 5. The van der Waals surface area contributed by atoms with Gasteiger partial charge in [0.15, 0.2) is 0 Å². The first-order valence-electron chi connectivity index (χ1n) is 6.71. The Kier molecular flexibility index (Phi) is 3.92. The maximum absolute atomic E-state index is 11.9. The highest BCUT2D eigenvalue weighted by atomic mass is 32.1. The molecular formula is C14H14N4O3S. The minimum absolute atomic E-state index is 0.0689. The second-order valence-electron chi connectivity index (χ2n) is 4.84. The zero-order valence-corrected chi connectivity index (χ0v) is 12.4. The Hall–Kier alpha value is -2.61. The van der Waals surface area contributed by atoms with Gasteiger partial charge in [-0.15, -0.1) is 11.3 Å². The van der Waals surface area contributed by atoms with Gasteiger partial charge in [-0.25, -0.2) is 4.79 Å². The lowest BCUT2D eigenvalue weighted by Crippen LogP contribution is -2.36. The van der Waals surface area contributed by atoms with Crippen LogP contribution in [-0.2, 0) is 16.1 Å². The highest BCUT2D eigenvalue weighted by Crippen LogP contribution is 2.21. The standard InChI is InChI=1S/C14H14N4O3S/c19-11(7-10-12(20)17-14(21)16-10)15-8-9-3-6-22-13(9)18-4-1-2-5-18/h1-6,10H,7-8H2,(H,15,19)(H2,16,17,20,21). The Bertz CT molecular complexity index is 708. The SMILES string of the molecule is O=C(CC1NC(=O)NC1=O)NCc1ccsc1-n1cccc1. The summed E-state index contributed by atoms with van der Waals surface area (Å²) >= 11 is 1.58. The van der Waals surface area contributed by atoms with Gasteiger partial charge >= 0.3 is 6.03 Å². The number of carbonyl (C=O) groups is 3. The van der Waals surface area contributed by atoms with Gasteiger partial charge in [-0.3, -0.25) is 14.9 Å². The molecule has 7 nitrogen and oxygen atoms in total. The summed E-state index contributed by atoms with van der Waals surface area (Å²) in [5.41, 5.74) is 0.995. The number of imide groups is 1. The van der Waals surface area contributed by atoms with Crippen molar-refractivity contribution in [3.63, 3.8) is 0 Å². The van der Waals surface area contributed by atoms with E-state index in [2.05, 4.69) is 16.0 Å². The fraction of sp³-hybridized carbons (Fsp3) is 0.214. The zero-order valence-electron chi connectivity index (χ0n) is 11.5. The Labute approximate surface area is 130 Å². The van der Waals surface area contributed by atoms with Gasteiger partial charge in [0.1, 0.15) is 11.0 Å². The molecule has 3 rings (SSSR count). The highest BCUT2D eigenvalue weighted by Gasteiger charge is 2.31. The molecule has 1 saturated heterocycles. The maximum Gasteiger partial charge on any atom is 0.322 e. The quantitative estimate of drug-likeness (QED) is 0.711. The summed E-state index contributed by atoms with van der Waals surface area (Å²) in [7, 11) is 0. The van der Waals surface area contributed by atoms with E-state index in [1.54, 1.807) is 11.3 Å². The molecule has 3 heterocycles. The van der Waals surface area contributed by atoms with Crippen molar-refractivity contribution in [1.82, 2.24) is 20.5 Å². The lowest BCUT2D eigenvalue weighted by Gasteiger charge is -2.09. The lowest BCUT2D eigenvalue weighted by atomic mass is 10.2. The van der Waals surface area contributed by atoms with Gasteiger partial charge < -0.3 is 15.2 Å². The zero-order chi connectivity index (χ0) is 15.5. The summed E-state index contributed by atoms with van der Waals surface area (Å²) in [5.74, 6) is -0.754. The lowest BCUT2D eigenvalue weighted by molar-refractivity contribution is -0.126. The van der Waals surface area contributed by atoms with E-state index in [0.717, 1.165) is 10.6 Å². The number of aromatic nitrogens is 1. The van der Waals surface area contributed by atoms with E-state index in [1.165, 1.54) is 0 Å². The van der Waals surface area contributed by atoms with Crippen LogP contribution in [-0.4, -0.2) is 28.5 Å². The van der Waals surface area contributed by atoms with Crippen LogP contribution in [0.3, 0.4) is 0 Å². The minimum atomic E-state index is -0.793. The Morgan fingerprint density at radius 1 is 1.32 bits per heavy atom. The van der Waals surface area contributed by atoms with Crippen molar-refractivity contribution in [2.24, 2.45) is 0 Å². The number of hydrogen-bond donors (Lipinski definition) is 3. The average Bonchev–Trinajstić information content (AvgIpc) is 3.18. The molecule has 114 valence electrons. The van der Waals surface area contributed by atoms with E-state index in [9.17, 15) is 14.4 Å².